The van der Waals surface area contributed by atoms with Gasteiger partial charge in [0, 0.05) is 12.7 Å². The van der Waals surface area contributed by atoms with Crippen molar-refractivity contribution < 1.29 is 19.7 Å². The van der Waals surface area contributed by atoms with E-state index in [9.17, 15) is 4.79 Å². The Morgan fingerprint density at radius 3 is 3.06 bits per heavy atom. The van der Waals surface area contributed by atoms with Gasteiger partial charge in [0.1, 0.15) is 5.75 Å². The zero-order valence-electron chi connectivity index (χ0n) is 8.88. The third-order valence-electron chi connectivity index (χ3n) is 1.96. The number of aliphatic hydroxyl groups excluding tert-OH is 2. The van der Waals surface area contributed by atoms with Crippen molar-refractivity contribution in [1.29, 1.82) is 0 Å². The third-order valence-corrected chi connectivity index (χ3v) is 1.96. The van der Waals surface area contributed by atoms with Crippen LogP contribution in [-0.4, -0.2) is 47.5 Å². The van der Waals surface area contributed by atoms with E-state index in [0.717, 1.165) is 0 Å². The Hall–Kier alpha value is -1.66. The van der Waals surface area contributed by atoms with Gasteiger partial charge in [-0.25, -0.2) is 0 Å². The van der Waals surface area contributed by atoms with E-state index < -0.39 is 12.7 Å². The average Bonchev–Trinajstić information content (AvgIpc) is 2.35. The van der Waals surface area contributed by atoms with Gasteiger partial charge in [-0.3, -0.25) is 9.78 Å². The minimum absolute atomic E-state index is 0.0131. The lowest BCUT2D eigenvalue weighted by Crippen LogP contribution is -2.34. The van der Waals surface area contributed by atoms with Gasteiger partial charge < -0.3 is 20.3 Å². The van der Waals surface area contributed by atoms with Crippen molar-refractivity contribution in [3.63, 3.8) is 0 Å². The molecule has 0 spiro atoms. The first-order chi connectivity index (χ1) is 7.69. The summed E-state index contributed by atoms with van der Waals surface area (Å²) >= 11 is 0. The molecule has 0 aromatic carbocycles. The van der Waals surface area contributed by atoms with Crippen LogP contribution in [0.5, 0.6) is 5.75 Å². The van der Waals surface area contributed by atoms with E-state index in [1.807, 2.05) is 0 Å². The number of hydrogen-bond acceptors (Lipinski definition) is 5. The van der Waals surface area contributed by atoms with Crippen LogP contribution >= 0.6 is 0 Å². The molecule has 1 rings (SSSR count). The van der Waals surface area contributed by atoms with E-state index in [2.05, 4.69) is 10.3 Å². The zero-order valence-corrected chi connectivity index (χ0v) is 8.88. The van der Waals surface area contributed by atoms with E-state index in [1.54, 1.807) is 0 Å². The second-order valence-electron chi connectivity index (χ2n) is 3.12. The van der Waals surface area contributed by atoms with Gasteiger partial charge in [-0.15, -0.1) is 0 Å². The Bertz CT molecular complexity index is 356. The molecule has 0 aliphatic carbocycles. The maximum Gasteiger partial charge on any atom is 0.255 e. The highest BCUT2D eigenvalue weighted by Gasteiger charge is 2.12. The molecule has 1 aromatic heterocycles. The number of carbonyl (C=O) groups excluding carboxylic acids is 1. The molecule has 1 amide bonds. The highest BCUT2D eigenvalue weighted by Crippen LogP contribution is 2.14. The first-order valence-corrected chi connectivity index (χ1v) is 4.74. The minimum Gasteiger partial charge on any atom is -0.494 e. The number of pyridine rings is 1. The normalized spacial score (nSPS) is 11.9. The van der Waals surface area contributed by atoms with Crippen LogP contribution < -0.4 is 10.1 Å². The fourth-order valence-electron chi connectivity index (χ4n) is 1.10. The summed E-state index contributed by atoms with van der Waals surface area (Å²) in [5, 5.41) is 20.1. The standard InChI is InChI=1S/C10H14N2O4/c1-16-9-5-11-3-2-8(9)10(15)12-4-7(14)6-13/h2-3,5,7,13-14H,4,6H2,1H3,(H,12,15). The predicted molar refractivity (Wildman–Crippen MR) is 56.2 cm³/mol. The molecular weight excluding hydrogens is 212 g/mol. The summed E-state index contributed by atoms with van der Waals surface area (Å²) in [7, 11) is 1.44. The Morgan fingerprint density at radius 1 is 1.69 bits per heavy atom. The maximum absolute atomic E-state index is 11.6. The SMILES string of the molecule is COc1cnccc1C(=O)NCC(O)CO. The third kappa shape index (κ3) is 3.18. The predicted octanol–water partition coefficient (Wildman–Crippen LogP) is -0.827. The number of amides is 1. The summed E-state index contributed by atoms with van der Waals surface area (Å²) < 4.78 is 4.96. The van der Waals surface area contributed by atoms with Crippen molar-refractivity contribution in [2.75, 3.05) is 20.3 Å². The smallest absolute Gasteiger partial charge is 0.255 e. The van der Waals surface area contributed by atoms with E-state index in [0.29, 0.717) is 11.3 Å². The number of ether oxygens (including phenoxy) is 1. The molecule has 0 aliphatic rings. The van der Waals surface area contributed by atoms with Crippen LogP contribution in [0.1, 0.15) is 10.4 Å². The number of nitrogens with zero attached hydrogens (tertiary/aromatic N) is 1. The summed E-state index contributed by atoms with van der Waals surface area (Å²) in [6.45, 7) is -0.408. The quantitative estimate of drug-likeness (QED) is 0.609. The summed E-state index contributed by atoms with van der Waals surface area (Å²) in [4.78, 5) is 15.4. The second kappa shape index (κ2) is 6.04. The lowest BCUT2D eigenvalue weighted by atomic mass is 10.2. The number of aliphatic hydroxyl groups is 2. The zero-order chi connectivity index (χ0) is 12.0. The van der Waals surface area contributed by atoms with Crippen LogP contribution in [-0.2, 0) is 0 Å². The second-order valence-corrected chi connectivity index (χ2v) is 3.12. The van der Waals surface area contributed by atoms with Crippen LogP contribution in [0.2, 0.25) is 0 Å². The minimum atomic E-state index is -0.961. The molecule has 0 radical (unpaired) electrons. The first kappa shape index (κ1) is 12.4. The van der Waals surface area contributed by atoms with Crippen LogP contribution in [0.3, 0.4) is 0 Å². The highest BCUT2D eigenvalue weighted by atomic mass is 16.5. The molecule has 0 bridgehead atoms. The molecule has 1 unspecified atom stereocenters. The maximum atomic E-state index is 11.6. The van der Waals surface area contributed by atoms with E-state index in [1.165, 1.54) is 25.6 Å². The highest BCUT2D eigenvalue weighted by molar-refractivity contribution is 5.96. The fraction of sp³-hybridized carbons (Fsp3) is 0.400. The van der Waals surface area contributed by atoms with Crippen molar-refractivity contribution in [3.8, 4) is 5.75 Å². The Kier molecular flexibility index (Phi) is 4.68. The van der Waals surface area contributed by atoms with Gasteiger partial charge in [-0.2, -0.15) is 0 Å². The number of hydrogen-bond donors (Lipinski definition) is 3. The first-order valence-electron chi connectivity index (χ1n) is 4.74. The number of rotatable bonds is 5. The lowest BCUT2D eigenvalue weighted by Gasteiger charge is -2.10. The van der Waals surface area contributed by atoms with Gasteiger partial charge >= 0.3 is 0 Å². The largest absolute Gasteiger partial charge is 0.494 e. The van der Waals surface area contributed by atoms with Crippen molar-refractivity contribution in [1.82, 2.24) is 10.3 Å². The summed E-state index contributed by atoms with van der Waals surface area (Å²) in [5.41, 5.74) is 0.336. The topological polar surface area (TPSA) is 91.7 Å². The fourth-order valence-corrected chi connectivity index (χ4v) is 1.10. The monoisotopic (exact) mass is 226 g/mol. The molecule has 1 aromatic rings. The molecule has 88 valence electrons. The summed E-state index contributed by atoms with van der Waals surface area (Å²) in [6, 6.07) is 1.51. The van der Waals surface area contributed by atoms with Crippen molar-refractivity contribution >= 4 is 5.91 Å². The van der Waals surface area contributed by atoms with Crippen LogP contribution in [0.15, 0.2) is 18.5 Å². The lowest BCUT2D eigenvalue weighted by molar-refractivity contribution is 0.0800. The van der Waals surface area contributed by atoms with Gasteiger partial charge in [0.25, 0.3) is 5.91 Å². The Labute approximate surface area is 92.9 Å². The van der Waals surface area contributed by atoms with E-state index in [4.69, 9.17) is 14.9 Å². The molecular formula is C10H14N2O4. The van der Waals surface area contributed by atoms with Crippen LogP contribution in [0, 0.1) is 0 Å². The average molecular weight is 226 g/mol. The summed E-state index contributed by atoms with van der Waals surface area (Å²) in [6.07, 6.45) is 1.94. The van der Waals surface area contributed by atoms with E-state index in [-0.39, 0.29) is 12.5 Å². The molecule has 0 aliphatic heterocycles. The van der Waals surface area contributed by atoms with Gasteiger partial charge in [-0.1, -0.05) is 0 Å². The number of aromatic nitrogens is 1. The number of nitrogens with one attached hydrogen (secondary N) is 1. The molecule has 6 nitrogen and oxygen atoms in total. The molecule has 0 saturated carbocycles. The molecule has 1 heterocycles. The van der Waals surface area contributed by atoms with Gasteiger partial charge in [0.05, 0.1) is 31.6 Å². The van der Waals surface area contributed by atoms with E-state index >= 15 is 0 Å². The van der Waals surface area contributed by atoms with Gasteiger partial charge in [0.2, 0.25) is 0 Å². The van der Waals surface area contributed by atoms with Gasteiger partial charge in [-0.05, 0) is 6.07 Å². The molecule has 0 fully saturated rings. The molecule has 6 heteroatoms. The number of carbonyl (C=O) groups is 1. The number of methoxy groups -OCH3 is 1. The van der Waals surface area contributed by atoms with Crippen LogP contribution in [0.4, 0.5) is 0 Å². The van der Waals surface area contributed by atoms with Crippen LogP contribution in [0.25, 0.3) is 0 Å². The van der Waals surface area contributed by atoms with Gasteiger partial charge in [0.15, 0.2) is 0 Å². The van der Waals surface area contributed by atoms with Crippen molar-refractivity contribution in [2.24, 2.45) is 0 Å². The Morgan fingerprint density at radius 2 is 2.44 bits per heavy atom. The molecule has 0 saturated heterocycles. The molecule has 16 heavy (non-hydrogen) atoms. The molecule has 1 atom stereocenters. The van der Waals surface area contributed by atoms with Crippen molar-refractivity contribution in [3.05, 3.63) is 24.0 Å². The van der Waals surface area contributed by atoms with Crippen molar-refractivity contribution in [2.45, 2.75) is 6.10 Å². The summed E-state index contributed by atoms with van der Waals surface area (Å²) in [5.74, 6) is -0.0229. The molecule has 3 N–H and O–H groups in total. The Balaban J connectivity index is 2.65.